The first-order chi connectivity index (χ1) is 14.0. The summed E-state index contributed by atoms with van der Waals surface area (Å²) in [5.74, 6) is -3.23. The highest BCUT2D eigenvalue weighted by molar-refractivity contribution is 5.57. The lowest BCUT2D eigenvalue weighted by Crippen LogP contribution is -2.46. The summed E-state index contributed by atoms with van der Waals surface area (Å²) in [4.78, 5) is 13.1. The summed E-state index contributed by atoms with van der Waals surface area (Å²) in [6, 6.07) is 14.0. The van der Waals surface area contributed by atoms with Crippen LogP contribution in [-0.4, -0.2) is 36.1 Å². The van der Waals surface area contributed by atoms with Gasteiger partial charge in [-0.05, 0) is 31.2 Å². The van der Waals surface area contributed by atoms with E-state index in [0.29, 0.717) is 11.5 Å². The van der Waals surface area contributed by atoms with Gasteiger partial charge in [0.1, 0.15) is 5.82 Å². The highest BCUT2D eigenvalue weighted by Gasteiger charge is 2.20. The predicted molar refractivity (Wildman–Crippen MR) is 107 cm³/mol. The van der Waals surface area contributed by atoms with Gasteiger partial charge in [-0.1, -0.05) is 18.2 Å². The smallest absolute Gasteiger partial charge is 0.229 e. The van der Waals surface area contributed by atoms with Crippen molar-refractivity contribution in [2.45, 2.75) is 6.92 Å². The van der Waals surface area contributed by atoms with Gasteiger partial charge in [0, 0.05) is 43.6 Å². The molecule has 1 N–H and O–H groups in total. The van der Waals surface area contributed by atoms with E-state index in [4.69, 9.17) is 0 Å². The van der Waals surface area contributed by atoms with Crippen molar-refractivity contribution in [2.24, 2.45) is 0 Å². The number of aromatic nitrogens is 2. The summed E-state index contributed by atoms with van der Waals surface area (Å²) in [5.41, 5.74) is 1.66. The van der Waals surface area contributed by atoms with Crippen molar-refractivity contribution in [2.75, 3.05) is 41.3 Å². The van der Waals surface area contributed by atoms with Crippen molar-refractivity contribution in [3.05, 3.63) is 71.7 Å². The zero-order chi connectivity index (χ0) is 20.4. The molecule has 1 aromatic heterocycles. The Morgan fingerprint density at radius 1 is 0.828 bits per heavy atom. The molecule has 5 nitrogen and oxygen atoms in total. The minimum Gasteiger partial charge on any atom is -0.368 e. The van der Waals surface area contributed by atoms with E-state index in [1.807, 2.05) is 24.3 Å². The number of halogens is 3. The molecule has 1 aliphatic rings. The molecular weight excluding hydrogens is 379 g/mol. The van der Waals surface area contributed by atoms with Crippen molar-refractivity contribution in [1.82, 2.24) is 9.97 Å². The Hall–Kier alpha value is -3.29. The normalized spacial score (nSPS) is 14.2. The fourth-order valence-electron chi connectivity index (χ4n) is 3.35. The lowest BCUT2D eigenvalue weighted by atomic mass is 10.2. The number of hydrogen-bond donors (Lipinski definition) is 1. The van der Waals surface area contributed by atoms with E-state index in [1.54, 1.807) is 6.92 Å². The number of nitrogens with one attached hydrogen (secondary N) is 1. The molecule has 0 amide bonds. The molecule has 1 saturated heterocycles. The van der Waals surface area contributed by atoms with Crippen LogP contribution in [-0.2, 0) is 0 Å². The van der Waals surface area contributed by atoms with Gasteiger partial charge in [-0.2, -0.15) is 4.98 Å². The Morgan fingerprint density at radius 2 is 1.52 bits per heavy atom. The number of benzene rings is 2. The molecule has 0 unspecified atom stereocenters. The zero-order valence-electron chi connectivity index (χ0n) is 15.9. The largest absolute Gasteiger partial charge is 0.368 e. The summed E-state index contributed by atoms with van der Waals surface area (Å²) >= 11 is 0. The molecule has 4 rings (SSSR count). The van der Waals surface area contributed by atoms with Crippen LogP contribution in [0.15, 0.2) is 48.5 Å². The number of aryl methyl sites for hydroxylation is 1. The highest BCUT2D eigenvalue weighted by Crippen LogP contribution is 2.24. The topological polar surface area (TPSA) is 44.3 Å². The van der Waals surface area contributed by atoms with Gasteiger partial charge in [-0.25, -0.2) is 18.2 Å². The van der Waals surface area contributed by atoms with Gasteiger partial charge >= 0.3 is 0 Å². The maximum absolute atomic E-state index is 14.0. The van der Waals surface area contributed by atoms with Gasteiger partial charge in [-0.15, -0.1) is 0 Å². The van der Waals surface area contributed by atoms with Crippen LogP contribution in [0, 0.1) is 24.4 Å². The number of rotatable bonds is 4. The van der Waals surface area contributed by atoms with Crippen LogP contribution in [0.4, 0.5) is 36.3 Å². The van der Waals surface area contributed by atoms with Crippen molar-refractivity contribution < 1.29 is 13.2 Å². The van der Waals surface area contributed by atoms with E-state index in [1.165, 1.54) is 5.69 Å². The van der Waals surface area contributed by atoms with Gasteiger partial charge in [0.25, 0.3) is 0 Å². The molecule has 150 valence electrons. The Labute approximate surface area is 166 Å². The maximum atomic E-state index is 14.0. The maximum Gasteiger partial charge on any atom is 0.229 e. The molecule has 29 heavy (non-hydrogen) atoms. The first-order valence-corrected chi connectivity index (χ1v) is 9.32. The number of para-hydroxylation sites is 1. The van der Waals surface area contributed by atoms with Crippen molar-refractivity contribution in [1.29, 1.82) is 0 Å². The molecule has 3 aromatic rings. The third kappa shape index (κ3) is 4.11. The van der Waals surface area contributed by atoms with Crippen LogP contribution in [0.1, 0.15) is 5.69 Å². The minimum absolute atomic E-state index is 0.135. The fraction of sp³-hybridized carbons (Fsp3) is 0.238. The van der Waals surface area contributed by atoms with Crippen LogP contribution in [0.2, 0.25) is 0 Å². The van der Waals surface area contributed by atoms with Crippen LogP contribution in [0.5, 0.6) is 0 Å². The van der Waals surface area contributed by atoms with Gasteiger partial charge in [-0.3, -0.25) is 0 Å². The SMILES string of the molecule is Cc1cc(N2CCN(c3ccccc3)CC2)nc(Nc2ccc(F)c(F)c2F)n1. The average Bonchev–Trinajstić information content (AvgIpc) is 2.74. The second-order valence-electron chi connectivity index (χ2n) is 6.85. The quantitative estimate of drug-likeness (QED) is 0.664. The van der Waals surface area contributed by atoms with Crippen molar-refractivity contribution in [3.8, 4) is 0 Å². The predicted octanol–water partition coefficient (Wildman–Crippen LogP) is 4.27. The van der Waals surface area contributed by atoms with E-state index >= 15 is 0 Å². The Balaban J connectivity index is 1.50. The molecule has 0 saturated carbocycles. The first-order valence-electron chi connectivity index (χ1n) is 9.32. The highest BCUT2D eigenvalue weighted by atomic mass is 19.2. The molecule has 2 aromatic carbocycles. The minimum atomic E-state index is -1.53. The molecule has 8 heteroatoms. The number of anilines is 4. The van der Waals surface area contributed by atoms with Crippen LogP contribution >= 0.6 is 0 Å². The lowest BCUT2D eigenvalue weighted by Gasteiger charge is -2.36. The van der Waals surface area contributed by atoms with Gasteiger partial charge in [0.2, 0.25) is 5.95 Å². The van der Waals surface area contributed by atoms with E-state index in [2.05, 4.69) is 37.2 Å². The van der Waals surface area contributed by atoms with Gasteiger partial charge in [0.05, 0.1) is 5.69 Å². The van der Waals surface area contributed by atoms with Crippen LogP contribution < -0.4 is 15.1 Å². The molecule has 0 radical (unpaired) electrons. The number of nitrogens with zero attached hydrogens (tertiary/aromatic N) is 4. The lowest BCUT2D eigenvalue weighted by molar-refractivity contribution is 0.449. The number of piperazine rings is 1. The van der Waals surface area contributed by atoms with E-state index in [9.17, 15) is 13.2 Å². The summed E-state index contributed by atoms with van der Waals surface area (Å²) in [6.07, 6.45) is 0. The molecule has 0 spiro atoms. The molecular formula is C21H20F3N5. The van der Waals surface area contributed by atoms with Crippen LogP contribution in [0.3, 0.4) is 0 Å². The Morgan fingerprint density at radius 3 is 2.24 bits per heavy atom. The summed E-state index contributed by atoms with van der Waals surface area (Å²) in [6.45, 7) is 5.02. The van der Waals surface area contributed by atoms with Gasteiger partial charge in [0.15, 0.2) is 17.5 Å². The first kappa shape index (κ1) is 19.0. The van der Waals surface area contributed by atoms with Crippen molar-refractivity contribution in [3.63, 3.8) is 0 Å². The second kappa shape index (κ2) is 7.98. The van der Waals surface area contributed by atoms with E-state index < -0.39 is 17.5 Å². The number of hydrogen-bond acceptors (Lipinski definition) is 5. The Bertz CT molecular complexity index is 1000. The summed E-state index contributed by atoms with van der Waals surface area (Å²) in [7, 11) is 0. The standard InChI is InChI=1S/C21H20F3N5/c1-14-13-18(29-11-9-28(10-12-29)15-5-3-2-4-6-15)27-21(25-14)26-17-8-7-16(22)19(23)20(17)24/h2-8,13H,9-12H2,1H3,(H,25,26,27). The third-order valence-corrected chi connectivity index (χ3v) is 4.85. The monoisotopic (exact) mass is 399 g/mol. The summed E-state index contributed by atoms with van der Waals surface area (Å²) in [5, 5.41) is 2.65. The molecule has 1 aliphatic heterocycles. The molecule has 0 aliphatic carbocycles. The molecule has 0 bridgehead atoms. The third-order valence-electron chi connectivity index (χ3n) is 4.85. The Kier molecular flexibility index (Phi) is 5.24. The molecule has 1 fully saturated rings. The molecule has 0 atom stereocenters. The second-order valence-corrected chi connectivity index (χ2v) is 6.85. The average molecular weight is 399 g/mol. The van der Waals surface area contributed by atoms with Crippen LogP contribution in [0.25, 0.3) is 0 Å². The van der Waals surface area contributed by atoms with Crippen molar-refractivity contribution >= 4 is 23.1 Å². The summed E-state index contributed by atoms with van der Waals surface area (Å²) < 4.78 is 40.6. The molecule has 2 heterocycles. The fourth-order valence-corrected chi connectivity index (χ4v) is 3.35. The van der Waals surface area contributed by atoms with E-state index in [0.717, 1.165) is 38.3 Å². The zero-order valence-corrected chi connectivity index (χ0v) is 15.9. The van der Waals surface area contributed by atoms with E-state index in [-0.39, 0.29) is 11.6 Å². The van der Waals surface area contributed by atoms with Gasteiger partial charge < -0.3 is 15.1 Å².